The minimum absolute atomic E-state index is 0.0270. The molecule has 4 aromatic rings. The van der Waals surface area contributed by atoms with Crippen molar-refractivity contribution in [3.05, 3.63) is 78.1 Å². The predicted octanol–water partition coefficient (Wildman–Crippen LogP) is 4.90. The maximum Gasteiger partial charge on any atom is 0.262 e. The fourth-order valence-corrected chi connectivity index (χ4v) is 2.73. The Morgan fingerprint density at radius 2 is 1.85 bits per heavy atom. The van der Waals surface area contributed by atoms with Gasteiger partial charge >= 0.3 is 0 Å². The lowest BCUT2D eigenvalue weighted by atomic mass is 10.2. The highest BCUT2D eigenvalue weighted by Gasteiger charge is 2.19. The van der Waals surface area contributed by atoms with Crippen LogP contribution >= 0.6 is 0 Å². The van der Waals surface area contributed by atoms with Crippen LogP contribution in [0.1, 0.15) is 12.6 Å². The van der Waals surface area contributed by atoms with E-state index in [1.165, 1.54) is 0 Å². The summed E-state index contributed by atoms with van der Waals surface area (Å²) in [5, 5.41) is 8.19. The predicted molar refractivity (Wildman–Crippen MR) is 96.9 cm³/mol. The van der Waals surface area contributed by atoms with Gasteiger partial charge in [-0.1, -0.05) is 29.4 Å². The highest BCUT2D eigenvalue weighted by atomic mass is 19.1. The van der Waals surface area contributed by atoms with E-state index in [1.54, 1.807) is 10.9 Å². The zero-order valence-electron chi connectivity index (χ0n) is 14.3. The van der Waals surface area contributed by atoms with Crippen molar-refractivity contribution >= 4 is 6.08 Å². The molecule has 0 atom stereocenters. The third-order valence-electron chi connectivity index (χ3n) is 3.96. The summed E-state index contributed by atoms with van der Waals surface area (Å²) < 4.78 is 34.5. The van der Waals surface area contributed by atoms with E-state index in [1.807, 2.05) is 49.4 Å². The average Bonchev–Trinajstić information content (AvgIpc) is 3.32. The second-order valence-corrected chi connectivity index (χ2v) is 5.74. The fraction of sp³-hybridized carbons (Fsp3) is 0.0500. The van der Waals surface area contributed by atoms with Crippen LogP contribution in [0.4, 0.5) is 8.78 Å². The molecule has 0 saturated carbocycles. The van der Waals surface area contributed by atoms with Crippen LogP contribution in [0.3, 0.4) is 0 Å². The minimum Gasteiger partial charge on any atom is -0.333 e. The Bertz CT molecular complexity index is 1120. The Hall–Kier alpha value is -3.61. The van der Waals surface area contributed by atoms with E-state index < -0.39 is 11.6 Å². The molecule has 0 aliphatic heterocycles. The summed E-state index contributed by atoms with van der Waals surface area (Å²) in [6.45, 7) is 1.88. The lowest BCUT2D eigenvalue weighted by Gasteiger charge is -2.04. The molecule has 27 heavy (non-hydrogen) atoms. The lowest BCUT2D eigenvalue weighted by molar-refractivity contribution is 0.431. The van der Waals surface area contributed by atoms with Crippen molar-refractivity contribution in [2.24, 2.45) is 0 Å². The third kappa shape index (κ3) is 3.15. The van der Waals surface area contributed by atoms with E-state index in [-0.39, 0.29) is 17.3 Å². The SMILES string of the molecule is CC=Cc1c(-c2nc(-c3cc(F)ccc3F)no2)cnn1-c1ccccc1. The number of rotatable bonds is 4. The van der Waals surface area contributed by atoms with E-state index in [4.69, 9.17) is 4.52 Å². The second kappa shape index (κ2) is 6.95. The quantitative estimate of drug-likeness (QED) is 0.517. The zero-order chi connectivity index (χ0) is 18.8. The molecule has 0 aliphatic carbocycles. The largest absolute Gasteiger partial charge is 0.333 e. The van der Waals surface area contributed by atoms with Crippen LogP contribution in [0.25, 0.3) is 34.6 Å². The summed E-state index contributed by atoms with van der Waals surface area (Å²) >= 11 is 0. The van der Waals surface area contributed by atoms with Crippen LogP contribution in [0.5, 0.6) is 0 Å². The Morgan fingerprint density at radius 3 is 2.63 bits per heavy atom. The highest BCUT2D eigenvalue weighted by Crippen LogP contribution is 2.28. The van der Waals surface area contributed by atoms with Gasteiger partial charge in [-0.05, 0) is 43.3 Å². The van der Waals surface area contributed by atoms with Gasteiger partial charge in [0.2, 0.25) is 5.82 Å². The maximum absolute atomic E-state index is 14.0. The standard InChI is InChI=1S/C20H14F2N4O/c1-2-6-18-16(12-23-26(18)14-7-4-3-5-8-14)20-24-19(25-27-20)15-11-13(21)9-10-17(15)22/h2-12H,1H3. The Kier molecular flexibility index (Phi) is 4.33. The van der Waals surface area contributed by atoms with Crippen molar-refractivity contribution in [1.29, 1.82) is 0 Å². The Balaban J connectivity index is 1.80. The number of nitrogens with zero attached hydrogens (tertiary/aromatic N) is 4. The molecule has 0 spiro atoms. The number of benzene rings is 2. The summed E-state index contributed by atoms with van der Waals surface area (Å²) in [4.78, 5) is 4.23. The number of aromatic nitrogens is 4. The van der Waals surface area contributed by atoms with E-state index in [2.05, 4.69) is 15.2 Å². The molecule has 0 saturated heterocycles. The molecular weight excluding hydrogens is 350 g/mol. The van der Waals surface area contributed by atoms with Gasteiger partial charge in [0.15, 0.2) is 0 Å². The molecule has 4 rings (SSSR count). The first-order valence-corrected chi connectivity index (χ1v) is 8.23. The van der Waals surface area contributed by atoms with Crippen molar-refractivity contribution in [2.75, 3.05) is 0 Å². The van der Waals surface area contributed by atoms with Gasteiger partial charge in [0, 0.05) is 0 Å². The molecule has 0 aliphatic rings. The Labute approximate surface area is 153 Å². The third-order valence-corrected chi connectivity index (χ3v) is 3.96. The van der Waals surface area contributed by atoms with Crippen LogP contribution in [0.2, 0.25) is 0 Å². The van der Waals surface area contributed by atoms with Crippen LogP contribution in [-0.2, 0) is 0 Å². The van der Waals surface area contributed by atoms with Crippen molar-refractivity contribution in [1.82, 2.24) is 19.9 Å². The van der Waals surface area contributed by atoms with E-state index >= 15 is 0 Å². The van der Waals surface area contributed by atoms with Crippen molar-refractivity contribution in [2.45, 2.75) is 6.92 Å². The van der Waals surface area contributed by atoms with Gasteiger partial charge in [-0.25, -0.2) is 13.5 Å². The monoisotopic (exact) mass is 364 g/mol. The van der Waals surface area contributed by atoms with E-state index in [0.29, 0.717) is 5.56 Å². The fourth-order valence-electron chi connectivity index (χ4n) is 2.73. The molecule has 0 fully saturated rings. The molecule has 134 valence electrons. The molecule has 2 aromatic carbocycles. The number of allylic oxidation sites excluding steroid dienone is 1. The van der Waals surface area contributed by atoms with Crippen molar-refractivity contribution in [3.63, 3.8) is 0 Å². The molecule has 2 heterocycles. The van der Waals surface area contributed by atoms with E-state index in [0.717, 1.165) is 29.6 Å². The number of halogens is 2. The van der Waals surface area contributed by atoms with Crippen LogP contribution in [0, 0.1) is 11.6 Å². The number of para-hydroxylation sites is 1. The molecule has 0 unspecified atom stereocenters. The van der Waals surface area contributed by atoms with Gasteiger partial charge in [-0.2, -0.15) is 10.1 Å². The molecular formula is C20H14F2N4O. The van der Waals surface area contributed by atoms with Gasteiger partial charge in [-0.3, -0.25) is 0 Å². The molecule has 0 radical (unpaired) electrons. The summed E-state index contributed by atoms with van der Waals surface area (Å²) in [6.07, 6.45) is 5.33. The molecule has 0 N–H and O–H groups in total. The van der Waals surface area contributed by atoms with Crippen molar-refractivity contribution < 1.29 is 13.3 Å². The normalized spacial score (nSPS) is 11.4. The van der Waals surface area contributed by atoms with Crippen LogP contribution in [-0.4, -0.2) is 19.9 Å². The van der Waals surface area contributed by atoms with Gasteiger partial charge < -0.3 is 4.52 Å². The van der Waals surface area contributed by atoms with Gasteiger partial charge in [0.05, 0.1) is 28.7 Å². The van der Waals surface area contributed by atoms with Gasteiger partial charge in [-0.15, -0.1) is 0 Å². The highest BCUT2D eigenvalue weighted by molar-refractivity contribution is 5.70. The summed E-state index contributed by atoms with van der Waals surface area (Å²) in [7, 11) is 0. The summed E-state index contributed by atoms with van der Waals surface area (Å²) in [5.41, 5.74) is 2.13. The second-order valence-electron chi connectivity index (χ2n) is 5.74. The van der Waals surface area contributed by atoms with Gasteiger partial charge in [0.25, 0.3) is 5.89 Å². The molecule has 0 bridgehead atoms. The first-order valence-electron chi connectivity index (χ1n) is 8.23. The smallest absolute Gasteiger partial charge is 0.262 e. The van der Waals surface area contributed by atoms with Crippen LogP contribution in [0.15, 0.2) is 65.3 Å². The first-order chi connectivity index (χ1) is 13.2. The summed E-state index contributed by atoms with van der Waals surface area (Å²) in [6, 6.07) is 12.7. The van der Waals surface area contributed by atoms with Gasteiger partial charge in [0.1, 0.15) is 11.6 Å². The minimum atomic E-state index is -0.627. The van der Waals surface area contributed by atoms with Crippen molar-refractivity contribution in [3.8, 4) is 28.5 Å². The average molecular weight is 364 g/mol. The number of hydrogen-bond donors (Lipinski definition) is 0. The van der Waals surface area contributed by atoms with E-state index in [9.17, 15) is 8.78 Å². The van der Waals surface area contributed by atoms with Crippen LogP contribution < -0.4 is 0 Å². The first kappa shape index (κ1) is 16.8. The molecule has 2 aromatic heterocycles. The molecule has 0 amide bonds. The number of hydrogen-bond acceptors (Lipinski definition) is 4. The summed E-state index contributed by atoms with van der Waals surface area (Å²) in [5.74, 6) is -1.06. The zero-order valence-corrected chi connectivity index (χ0v) is 14.3. The maximum atomic E-state index is 14.0. The topological polar surface area (TPSA) is 56.7 Å². The molecule has 7 heteroatoms. The molecule has 5 nitrogen and oxygen atoms in total. The lowest BCUT2D eigenvalue weighted by Crippen LogP contribution is -1.98. The Morgan fingerprint density at radius 1 is 1.04 bits per heavy atom.